The molecular weight excluding hydrogens is 268 g/mol. The highest BCUT2D eigenvalue weighted by Crippen LogP contribution is 1.97. The lowest BCUT2D eigenvalue weighted by Gasteiger charge is -2.20. The minimum absolute atomic E-state index is 0.232. The summed E-state index contributed by atoms with van der Waals surface area (Å²) in [7, 11) is 2.89. The lowest BCUT2D eigenvalue weighted by Crippen LogP contribution is -2.40. The summed E-state index contributed by atoms with van der Waals surface area (Å²) in [5, 5.41) is 14.2. The van der Waals surface area contributed by atoms with Gasteiger partial charge in [-0.1, -0.05) is 0 Å². The molecule has 0 unspecified atom stereocenters. The molecule has 0 saturated carbocycles. The van der Waals surface area contributed by atoms with Crippen molar-refractivity contribution in [2.45, 2.75) is 13.2 Å². The molecule has 0 bridgehead atoms. The van der Waals surface area contributed by atoms with E-state index < -0.39 is 18.2 Å². The first kappa shape index (κ1) is 17.5. The van der Waals surface area contributed by atoms with Gasteiger partial charge in [0, 0.05) is 21.0 Å². The molecule has 0 amide bonds. The highest BCUT2D eigenvalue weighted by molar-refractivity contribution is 5.82. The van der Waals surface area contributed by atoms with E-state index in [1.165, 1.54) is 30.8 Å². The van der Waals surface area contributed by atoms with E-state index in [2.05, 4.69) is 0 Å². The molecule has 10 heteroatoms. The van der Waals surface area contributed by atoms with Gasteiger partial charge >= 0.3 is 11.9 Å². The fourth-order valence-electron chi connectivity index (χ4n) is 1.03. The highest BCUT2D eigenvalue weighted by atomic mass is 16.7. The summed E-state index contributed by atoms with van der Waals surface area (Å²) in [5.74, 6) is -1.95. The molecule has 0 aromatic carbocycles. The normalized spacial score (nSPS) is 11.2. The van der Waals surface area contributed by atoms with E-state index in [-0.39, 0.29) is 25.0 Å². The number of nitrogens with zero attached hydrogens (tertiary/aromatic N) is 2. The van der Waals surface area contributed by atoms with Gasteiger partial charge in [-0.2, -0.15) is 0 Å². The number of hydrogen-bond acceptors (Lipinski definition) is 6. The number of carbonyl (C=O) groups is 2. The first-order chi connectivity index (χ1) is 9.13. The zero-order chi connectivity index (χ0) is 15.9. The maximum Gasteiger partial charge on any atom is 0.328 e. The van der Waals surface area contributed by atoms with E-state index in [1.54, 1.807) is 0 Å². The first-order valence-electron chi connectivity index (χ1n) is 5.62. The molecule has 0 spiro atoms. The number of carbonyl (C=O) groups excluding carboxylic acids is 2. The van der Waals surface area contributed by atoms with Crippen LogP contribution in [0.15, 0.2) is 0 Å². The van der Waals surface area contributed by atoms with Crippen LogP contribution in [0.25, 0.3) is 0 Å². The van der Waals surface area contributed by atoms with Gasteiger partial charge in [-0.05, 0) is 0 Å². The Balaban J connectivity index is 4.13. The largest absolute Gasteiger partial charge is 0.424 e. The molecule has 0 aliphatic carbocycles. The van der Waals surface area contributed by atoms with Crippen molar-refractivity contribution in [3.63, 3.8) is 0 Å². The van der Waals surface area contributed by atoms with Crippen molar-refractivity contribution in [1.29, 1.82) is 10.8 Å². The van der Waals surface area contributed by atoms with E-state index in [0.717, 1.165) is 0 Å². The van der Waals surface area contributed by atoms with Gasteiger partial charge in [0.05, 0.1) is 0 Å². The average molecular weight is 288 g/mol. The zero-order valence-corrected chi connectivity index (χ0v) is 11.7. The fourth-order valence-corrected chi connectivity index (χ4v) is 1.03. The number of nitrogens with one attached hydrogen (secondary N) is 2. The second-order valence-corrected chi connectivity index (χ2v) is 4.03. The molecule has 114 valence electrons. The molecule has 0 aromatic heterocycles. The maximum absolute atomic E-state index is 11.4. The van der Waals surface area contributed by atoms with Crippen molar-refractivity contribution in [2.75, 3.05) is 27.2 Å². The van der Waals surface area contributed by atoms with Gasteiger partial charge < -0.3 is 30.7 Å². The second-order valence-electron chi connectivity index (χ2n) is 4.03. The molecule has 0 aliphatic heterocycles. The number of hydrogen-bond donors (Lipinski definition) is 4. The molecule has 0 saturated heterocycles. The monoisotopic (exact) mass is 288 g/mol. The Morgan fingerprint density at radius 3 is 1.55 bits per heavy atom. The molecule has 0 atom stereocenters. The third kappa shape index (κ3) is 7.03. The lowest BCUT2D eigenvalue weighted by atomic mass is 10.5. The number of guanidine groups is 2. The van der Waals surface area contributed by atoms with Crippen LogP contribution in [0.1, 0.15) is 6.92 Å². The summed E-state index contributed by atoms with van der Waals surface area (Å²) in [6, 6.07) is 0. The van der Waals surface area contributed by atoms with Gasteiger partial charge in [-0.25, -0.2) is 0 Å². The van der Waals surface area contributed by atoms with Gasteiger partial charge in [0.2, 0.25) is 6.29 Å². The number of rotatable bonds is 6. The number of nitrogens with two attached hydrogens (primary N) is 2. The molecule has 0 aliphatic rings. The van der Waals surface area contributed by atoms with Crippen molar-refractivity contribution < 1.29 is 19.1 Å². The zero-order valence-electron chi connectivity index (χ0n) is 11.7. The van der Waals surface area contributed by atoms with E-state index >= 15 is 0 Å². The van der Waals surface area contributed by atoms with Crippen LogP contribution in [0.2, 0.25) is 0 Å². The van der Waals surface area contributed by atoms with Crippen molar-refractivity contribution in [3.05, 3.63) is 0 Å². The molecule has 20 heavy (non-hydrogen) atoms. The van der Waals surface area contributed by atoms with E-state index in [9.17, 15) is 9.59 Å². The van der Waals surface area contributed by atoms with E-state index in [4.69, 9.17) is 31.8 Å². The van der Waals surface area contributed by atoms with E-state index in [0.29, 0.717) is 0 Å². The van der Waals surface area contributed by atoms with E-state index in [1.807, 2.05) is 0 Å². The Kier molecular flexibility index (Phi) is 6.83. The van der Waals surface area contributed by atoms with Crippen LogP contribution in [0.3, 0.4) is 0 Å². The lowest BCUT2D eigenvalue weighted by molar-refractivity contribution is -0.184. The third-order valence-corrected chi connectivity index (χ3v) is 2.15. The third-order valence-electron chi connectivity index (χ3n) is 2.15. The molecule has 0 heterocycles. The van der Waals surface area contributed by atoms with Crippen LogP contribution in [-0.2, 0) is 19.1 Å². The summed E-state index contributed by atoms with van der Waals surface area (Å²) in [6.07, 6.45) is -1.09. The van der Waals surface area contributed by atoms with Crippen LogP contribution >= 0.6 is 0 Å². The fraction of sp³-hybridized carbons (Fsp3) is 0.600. The smallest absolute Gasteiger partial charge is 0.328 e. The van der Waals surface area contributed by atoms with Gasteiger partial charge in [0.25, 0.3) is 0 Å². The van der Waals surface area contributed by atoms with Crippen LogP contribution in [0.4, 0.5) is 0 Å². The Labute approximate surface area is 116 Å². The summed E-state index contributed by atoms with van der Waals surface area (Å²) in [6.45, 7) is 0.909. The molecular formula is C10H20N6O4. The average Bonchev–Trinajstić information content (AvgIpc) is 2.27. The van der Waals surface area contributed by atoms with Crippen molar-refractivity contribution in [1.82, 2.24) is 9.80 Å². The van der Waals surface area contributed by atoms with Crippen LogP contribution in [-0.4, -0.2) is 67.1 Å². The van der Waals surface area contributed by atoms with Gasteiger partial charge in [0.1, 0.15) is 13.1 Å². The topological polar surface area (TPSA) is 159 Å². The van der Waals surface area contributed by atoms with Gasteiger partial charge in [-0.15, -0.1) is 0 Å². The van der Waals surface area contributed by atoms with Crippen LogP contribution < -0.4 is 11.5 Å². The van der Waals surface area contributed by atoms with Gasteiger partial charge in [-0.3, -0.25) is 20.4 Å². The molecule has 0 fully saturated rings. The number of esters is 2. The Hall–Kier alpha value is -2.52. The summed E-state index contributed by atoms with van der Waals surface area (Å²) < 4.78 is 9.61. The standard InChI is InChI=1S/C10H20N6O4/c1-6(19-7(17)4-15(2)9(11)12)20-8(18)5-16(3)10(13)14/h6H,4-5H2,1-3H3,(H3,11,12)(H3,13,14). The quantitative estimate of drug-likeness (QED) is 0.190. The second kappa shape index (κ2) is 7.81. The Morgan fingerprint density at radius 1 is 1.00 bits per heavy atom. The molecule has 0 radical (unpaired) electrons. The number of likely N-dealkylation sites (N-methyl/N-ethyl adjacent to an activating group) is 2. The molecule has 6 N–H and O–H groups in total. The van der Waals surface area contributed by atoms with Crippen molar-refractivity contribution in [3.8, 4) is 0 Å². The highest BCUT2D eigenvalue weighted by Gasteiger charge is 2.17. The minimum atomic E-state index is -1.09. The predicted octanol–water partition coefficient (Wildman–Crippen LogP) is -1.93. The molecule has 0 rings (SSSR count). The maximum atomic E-state index is 11.4. The molecule has 0 aromatic rings. The van der Waals surface area contributed by atoms with Crippen molar-refractivity contribution in [2.24, 2.45) is 11.5 Å². The van der Waals surface area contributed by atoms with Gasteiger partial charge in [0.15, 0.2) is 11.9 Å². The Morgan fingerprint density at radius 2 is 1.30 bits per heavy atom. The Bertz CT molecular complexity index is 363. The number of ether oxygens (including phenoxy) is 2. The first-order valence-corrected chi connectivity index (χ1v) is 5.62. The summed E-state index contributed by atoms with van der Waals surface area (Å²) in [5.41, 5.74) is 10.3. The van der Waals surface area contributed by atoms with Crippen LogP contribution in [0.5, 0.6) is 0 Å². The van der Waals surface area contributed by atoms with Crippen LogP contribution in [0, 0.1) is 10.8 Å². The predicted molar refractivity (Wildman–Crippen MR) is 70.7 cm³/mol. The summed E-state index contributed by atoms with van der Waals surface area (Å²) in [4.78, 5) is 25.2. The SMILES string of the molecule is CC(OC(=O)CN(C)C(=N)N)OC(=O)CN(C)C(=N)N. The summed E-state index contributed by atoms with van der Waals surface area (Å²) >= 11 is 0. The van der Waals surface area contributed by atoms with Crippen molar-refractivity contribution >= 4 is 23.9 Å². The minimum Gasteiger partial charge on any atom is -0.424 e. The molecule has 10 nitrogen and oxygen atoms in total.